The molecule has 0 aliphatic carbocycles. The van der Waals surface area contributed by atoms with Crippen molar-refractivity contribution in [2.24, 2.45) is 5.41 Å². The van der Waals surface area contributed by atoms with Crippen molar-refractivity contribution in [3.63, 3.8) is 0 Å². The van der Waals surface area contributed by atoms with Crippen LogP contribution in [0.25, 0.3) is 0 Å². The van der Waals surface area contributed by atoms with Gasteiger partial charge in [-0.1, -0.05) is 54.6 Å². The van der Waals surface area contributed by atoms with Gasteiger partial charge in [-0.3, -0.25) is 0 Å². The Kier molecular flexibility index (Phi) is 7.77. The van der Waals surface area contributed by atoms with Gasteiger partial charge >= 0.3 is 0 Å². The third-order valence-electron chi connectivity index (χ3n) is 8.27. The van der Waals surface area contributed by atoms with Crippen molar-refractivity contribution in [1.29, 1.82) is 0 Å². The van der Waals surface area contributed by atoms with E-state index in [0.717, 1.165) is 49.9 Å². The Morgan fingerprint density at radius 3 is 1.86 bits per heavy atom. The van der Waals surface area contributed by atoms with Crippen LogP contribution in [0.1, 0.15) is 36.0 Å². The molecule has 186 valence electrons. The number of ether oxygens (including phenoxy) is 1. The molecule has 3 aromatic carbocycles. The minimum atomic E-state index is -1.45. The number of quaternary nitrogens is 1. The summed E-state index contributed by atoms with van der Waals surface area (Å²) in [7, 11) is 0. The lowest BCUT2D eigenvalue weighted by Crippen LogP contribution is -3.00. The zero-order valence-corrected chi connectivity index (χ0v) is 21.4. The predicted molar refractivity (Wildman–Crippen MR) is 128 cm³/mol. The van der Waals surface area contributed by atoms with Crippen molar-refractivity contribution in [2.45, 2.75) is 31.5 Å². The summed E-state index contributed by atoms with van der Waals surface area (Å²) in [6.07, 6.45) is 2.40. The molecule has 6 rings (SSSR count). The van der Waals surface area contributed by atoms with Crippen molar-refractivity contribution in [3.05, 3.63) is 107 Å². The van der Waals surface area contributed by atoms with E-state index >= 15 is 0 Å². The van der Waals surface area contributed by atoms with Gasteiger partial charge in [-0.25, -0.2) is 8.78 Å². The van der Waals surface area contributed by atoms with E-state index in [1.807, 2.05) is 18.2 Å². The summed E-state index contributed by atoms with van der Waals surface area (Å²) in [5.74, 6) is -0.785. The number of hydrogen-bond donors (Lipinski definition) is 1. The van der Waals surface area contributed by atoms with Gasteiger partial charge in [-0.2, -0.15) is 0 Å². The van der Waals surface area contributed by atoms with Gasteiger partial charge in [0.25, 0.3) is 0 Å². The van der Waals surface area contributed by atoms with Crippen LogP contribution in [-0.4, -0.2) is 42.4 Å². The topological polar surface area (TPSA) is 29.5 Å². The number of hydrogen-bond acceptors (Lipinski definition) is 2. The van der Waals surface area contributed by atoms with Crippen LogP contribution in [0.15, 0.2) is 78.9 Å². The Morgan fingerprint density at radius 1 is 0.800 bits per heavy atom. The van der Waals surface area contributed by atoms with Crippen molar-refractivity contribution in [2.75, 3.05) is 32.8 Å². The highest BCUT2D eigenvalue weighted by atomic mass is 79.9. The highest BCUT2D eigenvalue weighted by Crippen LogP contribution is 2.57. The number of halogens is 3. The lowest BCUT2D eigenvalue weighted by molar-refractivity contribution is -0.946. The average molecular weight is 544 g/mol. The average Bonchev–Trinajstić information content (AvgIpc) is 2.88. The fraction of sp³-hybridized carbons (Fsp3) is 0.379. The smallest absolute Gasteiger partial charge is 0.123 e. The molecular weight excluding hydrogens is 512 g/mol. The van der Waals surface area contributed by atoms with Gasteiger partial charge in [0.05, 0.1) is 32.8 Å². The first kappa shape index (κ1) is 26.0. The van der Waals surface area contributed by atoms with E-state index in [1.165, 1.54) is 29.8 Å². The van der Waals surface area contributed by atoms with Crippen molar-refractivity contribution in [3.8, 4) is 0 Å². The molecule has 3 heterocycles. The van der Waals surface area contributed by atoms with E-state index in [-0.39, 0.29) is 17.0 Å². The monoisotopic (exact) mass is 543 g/mol. The predicted octanol–water partition coefficient (Wildman–Crippen LogP) is 2.42. The van der Waals surface area contributed by atoms with Crippen LogP contribution in [-0.2, 0) is 16.9 Å². The molecule has 3 saturated heterocycles. The second kappa shape index (κ2) is 10.5. The zero-order chi connectivity index (χ0) is 23.7. The lowest BCUT2D eigenvalue weighted by atomic mass is 9.56. The molecule has 0 amide bonds. The van der Waals surface area contributed by atoms with Crippen molar-refractivity contribution < 1.29 is 40.1 Å². The van der Waals surface area contributed by atoms with E-state index < -0.39 is 22.7 Å². The van der Waals surface area contributed by atoms with Gasteiger partial charge in [-0.05, 0) is 41.0 Å². The molecule has 2 bridgehead atoms. The summed E-state index contributed by atoms with van der Waals surface area (Å²) in [6.45, 7) is 5.05. The lowest BCUT2D eigenvalue weighted by Gasteiger charge is -2.60. The minimum absolute atomic E-state index is 0. The maximum Gasteiger partial charge on any atom is 0.123 e. The first-order chi connectivity index (χ1) is 16.4. The molecular formula is C29H32BrF2NO2. The number of benzene rings is 3. The van der Waals surface area contributed by atoms with Gasteiger partial charge < -0.3 is 31.3 Å². The van der Waals surface area contributed by atoms with Crippen LogP contribution in [0.4, 0.5) is 8.78 Å². The van der Waals surface area contributed by atoms with Gasteiger partial charge in [0.15, 0.2) is 0 Å². The number of rotatable bonds is 8. The van der Waals surface area contributed by atoms with Gasteiger partial charge in [0.2, 0.25) is 0 Å². The van der Waals surface area contributed by atoms with E-state index in [9.17, 15) is 13.9 Å². The molecule has 0 radical (unpaired) electrons. The fourth-order valence-corrected chi connectivity index (χ4v) is 6.17. The van der Waals surface area contributed by atoms with Crippen molar-refractivity contribution in [1.82, 2.24) is 0 Å². The molecule has 3 fully saturated rings. The van der Waals surface area contributed by atoms with Crippen LogP contribution in [0, 0.1) is 17.0 Å². The quantitative estimate of drug-likeness (QED) is 0.349. The first-order valence-corrected chi connectivity index (χ1v) is 12.2. The molecule has 0 atom stereocenters. The Labute approximate surface area is 216 Å². The highest BCUT2D eigenvalue weighted by molar-refractivity contribution is 5.40. The molecule has 35 heavy (non-hydrogen) atoms. The molecule has 3 aromatic rings. The summed E-state index contributed by atoms with van der Waals surface area (Å²) in [5.41, 5.74) is 0.281. The van der Waals surface area contributed by atoms with Crippen molar-refractivity contribution >= 4 is 0 Å². The van der Waals surface area contributed by atoms with Crippen LogP contribution < -0.4 is 17.0 Å². The Morgan fingerprint density at radius 2 is 1.34 bits per heavy atom. The number of nitrogens with zero attached hydrogens (tertiary/aromatic N) is 1. The third-order valence-corrected chi connectivity index (χ3v) is 8.27. The van der Waals surface area contributed by atoms with E-state index in [4.69, 9.17) is 4.74 Å². The largest absolute Gasteiger partial charge is 1.00 e. The summed E-state index contributed by atoms with van der Waals surface area (Å²) in [5, 5.41) is 12.4. The summed E-state index contributed by atoms with van der Waals surface area (Å²) < 4.78 is 35.5. The van der Waals surface area contributed by atoms with Crippen LogP contribution >= 0.6 is 0 Å². The summed E-state index contributed by atoms with van der Waals surface area (Å²) in [6, 6.07) is 22.6. The van der Waals surface area contributed by atoms with Crippen LogP contribution in [0.5, 0.6) is 0 Å². The zero-order valence-electron chi connectivity index (χ0n) is 19.8. The van der Waals surface area contributed by atoms with Crippen LogP contribution in [0.2, 0.25) is 0 Å². The molecule has 0 spiro atoms. The second-order valence-corrected chi connectivity index (χ2v) is 10.0. The number of aliphatic hydroxyl groups is 1. The summed E-state index contributed by atoms with van der Waals surface area (Å²) in [4.78, 5) is 0. The van der Waals surface area contributed by atoms with Crippen LogP contribution in [0.3, 0.4) is 0 Å². The normalized spacial score (nSPS) is 23.6. The number of piperidine rings is 3. The molecule has 0 unspecified atom stereocenters. The molecule has 0 saturated carbocycles. The molecule has 0 aromatic heterocycles. The molecule has 3 aliphatic rings. The Bertz CT molecular complexity index is 1070. The maximum absolute atomic E-state index is 14.3. The summed E-state index contributed by atoms with van der Waals surface area (Å²) >= 11 is 0. The van der Waals surface area contributed by atoms with E-state index in [1.54, 1.807) is 24.3 Å². The molecule has 6 heteroatoms. The van der Waals surface area contributed by atoms with E-state index in [2.05, 4.69) is 12.1 Å². The SMILES string of the molecule is OC(c1cccc(F)c1)(c1cccc(F)c1)C12CC[N+](CCOCc3ccccc3)(CC1)CC2.[Br-]. The maximum atomic E-state index is 14.3. The molecule has 1 N–H and O–H groups in total. The second-order valence-electron chi connectivity index (χ2n) is 10.0. The third kappa shape index (κ3) is 4.94. The number of fused-ring (bicyclic) bond motifs is 3. The molecule has 3 nitrogen and oxygen atoms in total. The van der Waals surface area contributed by atoms with E-state index in [0.29, 0.717) is 24.3 Å². The standard InChI is InChI=1S/C29H32F2NO2.BrH/c30-26-10-4-8-24(20-26)29(33,25-9-5-11-27(31)21-25)28-12-15-32(16-13-28,17-14-28)18-19-34-22-23-6-2-1-3-7-23;/h1-11,20-21,33H,12-19,22H2;1H/q+1;/p-1. The Hall–Kier alpha value is -2.12. The highest BCUT2D eigenvalue weighted by Gasteiger charge is 2.60. The minimum Gasteiger partial charge on any atom is -1.00 e. The van der Waals surface area contributed by atoms with Gasteiger partial charge in [0.1, 0.15) is 23.8 Å². The first-order valence-electron chi connectivity index (χ1n) is 12.2. The van der Waals surface area contributed by atoms with Gasteiger partial charge in [-0.15, -0.1) is 0 Å². The van der Waals surface area contributed by atoms with Gasteiger partial charge in [0, 0.05) is 24.7 Å². The molecule has 3 aliphatic heterocycles. The fourth-order valence-electron chi connectivity index (χ4n) is 6.17. The Balaban J connectivity index is 0.00000289.